The second-order valence-corrected chi connectivity index (χ2v) is 8.01. The maximum atomic E-state index is 13.4. The Labute approximate surface area is 180 Å². The fraction of sp³-hybridized carbons (Fsp3) is 0.240. The molecule has 1 aliphatic rings. The molecule has 0 spiro atoms. The van der Waals surface area contributed by atoms with Gasteiger partial charge in [0.25, 0.3) is 0 Å². The number of fused-ring (bicyclic) bond motifs is 1. The Hall–Kier alpha value is -3.54. The van der Waals surface area contributed by atoms with Gasteiger partial charge in [-0.15, -0.1) is 0 Å². The van der Waals surface area contributed by atoms with E-state index in [9.17, 15) is 9.18 Å². The van der Waals surface area contributed by atoms with Gasteiger partial charge in [0, 0.05) is 54.1 Å². The molecule has 1 saturated heterocycles. The standard InChI is InChI=1S/C25H23FN4O/c26-20-9-7-17(8-10-20)24-25(28-12-11-27-24)18-4-3-13-30(16-18)23(31)14-19-15-29-22-6-2-1-5-21(19)22/h1-2,5-12,15,18,29H,3-4,13-14,16H2/t18-/m1/s1. The van der Waals surface area contributed by atoms with E-state index in [2.05, 4.69) is 15.0 Å². The summed E-state index contributed by atoms with van der Waals surface area (Å²) in [5, 5.41) is 1.09. The molecule has 5 rings (SSSR count). The number of H-pyrrole nitrogens is 1. The van der Waals surface area contributed by atoms with Gasteiger partial charge < -0.3 is 9.88 Å². The number of likely N-dealkylation sites (tertiary alicyclic amines) is 1. The van der Waals surface area contributed by atoms with Gasteiger partial charge in [-0.3, -0.25) is 14.8 Å². The van der Waals surface area contributed by atoms with Crippen molar-refractivity contribution in [2.75, 3.05) is 13.1 Å². The Morgan fingerprint density at radius 3 is 2.77 bits per heavy atom. The molecule has 3 heterocycles. The van der Waals surface area contributed by atoms with Crippen molar-refractivity contribution in [3.05, 3.63) is 84.2 Å². The van der Waals surface area contributed by atoms with Crippen LogP contribution < -0.4 is 0 Å². The van der Waals surface area contributed by atoms with Crippen molar-refractivity contribution >= 4 is 16.8 Å². The molecule has 4 aromatic rings. The minimum Gasteiger partial charge on any atom is -0.361 e. The SMILES string of the molecule is O=C(Cc1c[nH]c2ccccc12)N1CCC[C@@H](c2nccnc2-c2ccc(F)cc2)C1. The molecule has 1 atom stereocenters. The molecule has 0 aliphatic carbocycles. The summed E-state index contributed by atoms with van der Waals surface area (Å²) >= 11 is 0. The summed E-state index contributed by atoms with van der Waals surface area (Å²) in [5.74, 6) is -0.0444. The number of aromatic amines is 1. The van der Waals surface area contributed by atoms with Crippen LogP contribution in [0.4, 0.5) is 4.39 Å². The Morgan fingerprint density at radius 1 is 1.10 bits per heavy atom. The van der Waals surface area contributed by atoms with Crippen LogP contribution >= 0.6 is 0 Å². The number of rotatable bonds is 4. The van der Waals surface area contributed by atoms with Crippen molar-refractivity contribution in [1.82, 2.24) is 19.9 Å². The van der Waals surface area contributed by atoms with E-state index < -0.39 is 0 Å². The van der Waals surface area contributed by atoms with Crippen LogP contribution in [0.25, 0.3) is 22.2 Å². The number of benzene rings is 2. The highest BCUT2D eigenvalue weighted by Gasteiger charge is 2.28. The van der Waals surface area contributed by atoms with E-state index in [-0.39, 0.29) is 17.6 Å². The number of carbonyl (C=O) groups is 1. The molecular weight excluding hydrogens is 391 g/mol. The van der Waals surface area contributed by atoms with Crippen molar-refractivity contribution in [3.63, 3.8) is 0 Å². The second-order valence-electron chi connectivity index (χ2n) is 8.01. The van der Waals surface area contributed by atoms with Crippen LogP contribution in [0.5, 0.6) is 0 Å². The number of nitrogens with zero attached hydrogens (tertiary/aromatic N) is 3. The number of aromatic nitrogens is 3. The first-order chi connectivity index (χ1) is 15.2. The van der Waals surface area contributed by atoms with Crippen LogP contribution in [0.1, 0.15) is 30.0 Å². The van der Waals surface area contributed by atoms with Gasteiger partial charge in [-0.25, -0.2) is 4.39 Å². The maximum absolute atomic E-state index is 13.4. The van der Waals surface area contributed by atoms with Crippen LogP contribution in [-0.4, -0.2) is 38.8 Å². The summed E-state index contributed by atoms with van der Waals surface area (Å²) < 4.78 is 13.4. The first-order valence-electron chi connectivity index (χ1n) is 10.6. The smallest absolute Gasteiger partial charge is 0.227 e. The van der Waals surface area contributed by atoms with Crippen LogP contribution in [0.15, 0.2) is 67.1 Å². The predicted molar refractivity (Wildman–Crippen MR) is 118 cm³/mol. The zero-order valence-electron chi connectivity index (χ0n) is 17.1. The van der Waals surface area contributed by atoms with Crippen molar-refractivity contribution in [1.29, 1.82) is 0 Å². The quantitative estimate of drug-likeness (QED) is 0.526. The normalized spacial score (nSPS) is 16.5. The van der Waals surface area contributed by atoms with Gasteiger partial charge in [0.15, 0.2) is 0 Å². The number of para-hydroxylation sites is 1. The summed E-state index contributed by atoms with van der Waals surface area (Å²) in [7, 11) is 0. The van der Waals surface area contributed by atoms with Crippen molar-refractivity contribution in [2.24, 2.45) is 0 Å². The largest absolute Gasteiger partial charge is 0.361 e. The van der Waals surface area contributed by atoms with Gasteiger partial charge in [0.05, 0.1) is 17.8 Å². The molecule has 0 bridgehead atoms. The van der Waals surface area contributed by atoms with Crippen LogP contribution in [-0.2, 0) is 11.2 Å². The number of hydrogen-bond acceptors (Lipinski definition) is 3. The summed E-state index contributed by atoms with van der Waals surface area (Å²) in [6.07, 6.45) is 7.52. The van der Waals surface area contributed by atoms with Gasteiger partial charge >= 0.3 is 0 Å². The molecule has 5 nitrogen and oxygen atoms in total. The Bertz CT molecular complexity index is 1220. The van der Waals surface area contributed by atoms with E-state index >= 15 is 0 Å². The van der Waals surface area contributed by atoms with Gasteiger partial charge in [0.1, 0.15) is 5.82 Å². The summed E-state index contributed by atoms with van der Waals surface area (Å²) in [5.41, 5.74) is 4.54. The number of hydrogen-bond donors (Lipinski definition) is 1. The number of halogens is 1. The highest BCUT2D eigenvalue weighted by molar-refractivity contribution is 5.89. The molecule has 0 radical (unpaired) electrons. The van der Waals surface area contributed by atoms with Gasteiger partial charge in [0.2, 0.25) is 5.91 Å². The van der Waals surface area contributed by atoms with Crippen molar-refractivity contribution in [3.8, 4) is 11.3 Å². The molecule has 1 aliphatic heterocycles. The highest BCUT2D eigenvalue weighted by Crippen LogP contribution is 2.32. The molecule has 31 heavy (non-hydrogen) atoms. The lowest BCUT2D eigenvalue weighted by Gasteiger charge is -2.33. The maximum Gasteiger partial charge on any atom is 0.227 e. The molecule has 1 fully saturated rings. The lowest BCUT2D eigenvalue weighted by molar-refractivity contribution is -0.131. The van der Waals surface area contributed by atoms with E-state index in [4.69, 9.17) is 0 Å². The number of piperidine rings is 1. The van der Waals surface area contributed by atoms with E-state index in [1.54, 1.807) is 24.5 Å². The minimum absolute atomic E-state index is 0.106. The van der Waals surface area contributed by atoms with Crippen molar-refractivity contribution < 1.29 is 9.18 Å². The zero-order chi connectivity index (χ0) is 21.2. The first kappa shape index (κ1) is 19.4. The summed E-state index contributed by atoms with van der Waals surface area (Å²) in [6, 6.07) is 14.4. The molecule has 6 heteroatoms. The van der Waals surface area contributed by atoms with Gasteiger partial charge in [-0.05, 0) is 48.7 Å². The number of carbonyl (C=O) groups excluding carboxylic acids is 1. The van der Waals surface area contributed by atoms with Gasteiger partial charge in [-0.1, -0.05) is 18.2 Å². The molecule has 1 N–H and O–H groups in total. The molecular formula is C25H23FN4O. The van der Waals surface area contributed by atoms with E-state index in [1.165, 1.54) is 12.1 Å². The molecule has 2 aromatic heterocycles. The van der Waals surface area contributed by atoms with E-state index in [0.717, 1.165) is 52.8 Å². The average molecular weight is 414 g/mol. The average Bonchev–Trinajstić information content (AvgIpc) is 3.22. The number of nitrogens with one attached hydrogen (secondary N) is 1. The molecule has 0 saturated carbocycles. The lowest BCUT2D eigenvalue weighted by Crippen LogP contribution is -2.40. The molecule has 2 aromatic carbocycles. The van der Waals surface area contributed by atoms with Crippen LogP contribution in [0.3, 0.4) is 0 Å². The minimum atomic E-state index is -0.277. The zero-order valence-corrected chi connectivity index (χ0v) is 17.1. The van der Waals surface area contributed by atoms with Crippen LogP contribution in [0.2, 0.25) is 0 Å². The monoisotopic (exact) mass is 414 g/mol. The Morgan fingerprint density at radius 2 is 1.90 bits per heavy atom. The third-order valence-corrected chi connectivity index (χ3v) is 6.02. The third-order valence-electron chi connectivity index (χ3n) is 6.02. The lowest BCUT2D eigenvalue weighted by atomic mass is 9.91. The molecule has 156 valence electrons. The van der Waals surface area contributed by atoms with E-state index in [0.29, 0.717) is 13.0 Å². The first-order valence-corrected chi connectivity index (χ1v) is 10.6. The predicted octanol–water partition coefficient (Wildman–Crippen LogP) is 4.71. The highest BCUT2D eigenvalue weighted by atomic mass is 19.1. The fourth-order valence-electron chi connectivity index (χ4n) is 4.46. The molecule has 1 amide bonds. The summed E-state index contributed by atoms with van der Waals surface area (Å²) in [4.78, 5) is 27.4. The second kappa shape index (κ2) is 8.30. The third kappa shape index (κ3) is 3.93. The summed E-state index contributed by atoms with van der Waals surface area (Å²) in [6.45, 7) is 1.37. The topological polar surface area (TPSA) is 61.9 Å². The van der Waals surface area contributed by atoms with Gasteiger partial charge in [-0.2, -0.15) is 0 Å². The molecule has 0 unspecified atom stereocenters. The Kier molecular flexibility index (Phi) is 5.20. The van der Waals surface area contributed by atoms with Crippen LogP contribution in [0, 0.1) is 5.82 Å². The van der Waals surface area contributed by atoms with E-state index in [1.807, 2.05) is 35.4 Å². The Balaban J connectivity index is 1.36. The number of amides is 1. The van der Waals surface area contributed by atoms with Crippen molar-refractivity contribution in [2.45, 2.75) is 25.2 Å². The fourth-order valence-corrected chi connectivity index (χ4v) is 4.46.